The molecule has 15 atom stereocenters. The van der Waals surface area contributed by atoms with Gasteiger partial charge in [-0.05, 0) is 36.4 Å². The molecule has 0 N–H and O–H groups in total. The number of hydrogen-bond acceptors (Lipinski definition) is 28. The quantitative estimate of drug-likeness (QED) is 0.0604. The van der Waals surface area contributed by atoms with E-state index in [0.29, 0.717) is 0 Å². The number of carbonyl (C=O) groups is 10. The van der Waals surface area contributed by atoms with E-state index >= 15 is 0 Å². The van der Waals surface area contributed by atoms with Crippen molar-refractivity contribution in [3.63, 3.8) is 0 Å². The van der Waals surface area contributed by atoms with Gasteiger partial charge >= 0.3 is 59.7 Å². The van der Waals surface area contributed by atoms with Gasteiger partial charge in [0.05, 0.1) is 22.7 Å². The molecule has 29 heteroatoms. The zero-order valence-electron chi connectivity index (χ0n) is 45.7. The first kappa shape index (κ1) is 63.5. The Morgan fingerprint density at radius 2 is 0.747 bits per heavy atom. The van der Waals surface area contributed by atoms with Gasteiger partial charge in [0.25, 0.3) is 5.69 Å². The summed E-state index contributed by atoms with van der Waals surface area (Å²) < 4.78 is 95.0. The molecule has 0 bridgehead atoms. The molecule has 3 fully saturated rings. The maximum Gasteiger partial charge on any atom is 0.338 e. The van der Waals surface area contributed by atoms with E-state index in [1.807, 2.05) is 0 Å². The van der Waals surface area contributed by atoms with Crippen LogP contribution in [0.1, 0.15) is 76.1 Å². The molecule has 3 saturated heterocycles. The van der Waals surface area contributed by atoms with Crippen LogP contribution in [0.2, 0.25) is 0 Å². The number of ether oxygens (including phenoxy) is 16. The normalized spacial score (nSPS) is 27.3. The molecule has 3 heterocycles. The van der Waals surface area contributed by atoms with Crippen LogP contribution in [0.5, 0.6) is 5.75 Å². The average Bonchev–Trinajstić information content (AvgIpc) is 3.33. The highest BCUT2D eigenvalue weighted by Gasteiger charge is 2.59. The largest absolute Gasteiger partial charge is 0.463 e. The van der Waals surface area contributed by atoms with Crippen LogP contribution in [-0.2, 0) is 109 Å². The van der Waals surface area contributed by atoms with Crippen LogP contribution in [0, 0.1) is 10.1 Å². The van der Waals surface area contributed by atoms with E-state index in [2.05, 4.69) is 0 Å². The standard InChI is InChI=1S/C54H59NO28/c1-26(56)68-23-38-41(71-28(3)58)44(73-30(5)60)47(75-32(7)62)52(78-38)70-25-40-43(81-50(64)34-15-11-9-12-16-34)46(49(82-51(65)35-17-13-10-14-18-35)53(79-40)77-37-21-19-36(20-22-37)55(66)67)83-54-48(76-33(8)63)45(74-31(6)61)42(72-29(4)59)39(80-54)24-69-27(2)57/h9-22,38-49,52-54H,23-25H2,1-8H3/t38-,39-,40-,41-,42-,43-,44+,45+,46+,47+,48+,49+,52+,53+,54-/m1/s1. The minimum atomic E-state index is -2.13. The SMILES string of the molecule is CC(=O)OC[C@H]1O[C@H](OC[C@H]2O[C@H](Oc3ccc([N+](=O)[O-])cc3)[C@@H](OC(=O)c3ccccc3)[C@@H](O[C@H]3O[C@H](COC(C)=O)[C@@H](OC(C)=O)[C@H](OC(C)=O)[C@@H]3OC(C)=O)[C@@H]2OC(=O)c2ccccc2)[C@@H](OC(C)=O)[C@@H](OC(C)=O)[C@@H]1OC(C)=O. The van der Waals surface area contributed by atoms with E-state index in [1.54, 1.807) is 12.1 Å². The second kappa shape index (κ2) is 29.4. The minimum absolute atomic E-state index is 0.0837. The molecule has 3 aromatic rings. The Morgan fingerprint density at radius 1 is 0.398 bits per heavy atom. The van der Waals surface area contributed by atoms with Gasteiger partial charge in [0.2, 0.25) is 6.29 Å². The fraction of sp³-hybridized carbons (Fsp3) is 0.481. The fourth-order valence-corrected chi connectivity index (χ4v) is 8.81. The second-order valence-corrected chi connectivity index (χ2v) is 18.5. The number of esters is 10. The third-order valence-electron chi connectivity index (χ3n) is 12.0. The number of rotatable bonds is 22. The van der Waals surface area contributed by atoms with Crippen molar-refractivity contribution < 1.29 is 129 Å². The summed E-state index contributed by atoms with van der Waals surface area (Å²) in [4.78, 5) is 141. The highest BCUT2D eigenvalue weighted by atomic mass is 16.8. The number of non-ortho nitro benzene ring substituents is 1. The van der Waals surface area contributed by atoms with Crippen LogP contribution >= 0.6 is 0 Å². The van der Waals surface area contributed by atoms with Gasteiger partial charge in [-0.1, -0.05) is 36.4 Å². The molecule has 6 rings (SSSR count). The summed E-state index contributed by atoms with van der Waals surface area (Å²) in [5, 5.41) is 11.8. The molecule has 83 heavy (non-hydrogen) atoms. The lowest BCUT2D eigenvalue weighted by atomic mass is 9.95. The van der Waals surface area contributed by atoms with Gasteiger partial charge in [-0.25, -0.2) is 9.59 Å². The van der Waals surface area contributed by atoms with Crippen molar-refractivity contribution >= 4 is 65.4 Å². The Balaban J connectivity index is 1.58. The molecule has 3 aliphatic heterocycles. The summed E-state index contributed by atoms with van der Waals surface area (Å²) in [6.45, 7) is 5.62. The highest BCUT2D eigenvalue weighted by molar-refractivity contribution is 5.90. The zero-order valence-corrected chi connectivity index (χ0v) is 45.7. The van der Waals surface area contributed by atoms with Crippen LogP contribution in [0.3, 0.4) is 0 Å². The molecule has 0 saturated carbocycles. The van der Waals surface area contributed by atoms with Crippen molar-refractivity contribution in [1.29, 1.82) is 0 Å². The van der Waals surface area contributed by atoms with Crippen molar-refractivity contribution in [3.8, 4) is 5.75 Å². The van der Waals surface area contributed by atoms with Crippen molar-refractivity contribution in [1.82, 2.24) is 0 Å². The smallest absolute Gasteiger partial charge is 0.338 e. The van der Waals surface area contributed by atoms with Crippen LogP contribution in [-0.4, -0.2) is 177 Å². The number of benzene rings is 3. The van der Waals surface area contributed by atoms with E-state index < -0.39 is 177 Å². The van der Waals surface area contributed by atoms with Crippen molar-refractivity contribution in [2.24, 2.45) is 0 Å². The number of hydrogen-bond donors (Lipinski definition) is 0. The van der Waals surface area contributed by atoms with Crippen LogP contribution in [0.25, 0.3) is 0 Å². The summed E-state index contributed by atoms with van der Waals surface area (Å²) in [5.41, 5.74) is -0.567. The molecule has 0 aliphatic carbocycles. The number of carbonyl (C=O) groups excluding carboxylic acids is 10. The summed E-state index contributed by atoms with van der Waals surface area (Å²) in [6.07, 6.45) is -28.0. The first-order valence-corrected chi connectivity index (χ1v) is 25.4. The third-order valence-corrected chi connectivity index (χ3v) is 12.0. The molecule has 0 aromatic heterocycles. The van der Waals surface area contributed by atoms with Gasteiger partial charge in [-0.15, -0.1) is 0 Å². The molecular weight excluding hydrogens is 1110 g/mol. The van der Waals surface area contributed by atoms with E-state index in [0.717, 1.165) is 79.7 Å². The van der Waals surface area contributed by atoms with E-state index in [4.69, 9.17) is 75.8 Å². The van der Waals surface area contributed by atoms with Crippen LogP contribution in [0.4, 0.5) is 5.69 Å². The summed E-state index contributed by atoms with van der Waals surface area (Å²) in [7, 11) is 0. The maximum atomic E-state index is 14.5. The summed E-state index contributed by atoms with van der Waals surface area (Å²) >= 11 is 0. The first-order chi connectivity index (χ1) is 39.4. The van der Waals surface area contributed by atoms with Crippen LogP contribution < -0.4 is 4.74 Å². The summed E-state index contributed by atoms with van der Waals surface area (Å²) in [5.74, 6) is -10.1. The number of nitro groups is 1. The van der Waals surface area contributed by atoms with Gasteiger partial charge in [-0.2, -0.15) is 0 Å². The predicted octanol–water partition coefficient (Wildman–Crippen LogP) is 2.72. The van der Waals surface area contributed by atoms with Crippen LogP contribution in [0.15, 0.2) is 84.9 Å². The number of nitrogens with zero attached hydrogens (tertiary/aromatic N) is 1. The fourth-order valence-electron chi connectivity index (χ4n) is 8.81. The predicted molar refractivity (Wildman–Crippen MR) is 268 cm³/mol. The lowest BCUT2D eigenvalue weighted by Gasteiger charge is -2.49. The Bertz CT molecular complexity index is 2810. The summed E-state index contributed by atoms with van der Waals surface area (Å²) in [6, 6.07) is 19.0. The van der Waals surface area contributed by atoms with Crippen molar-refractivity contribution in [2.45, 2.75) is 148 Å². The van der Waals surface area contributed by atoms with E-state index in [-0.39, 0.29) is 22.6 Å². The topological polar surface area (TPSA) is 362 Å². The number of nitro benzene ring substituents is 1. The second-order valence-electron chi connectivity index (χ2n) is 18.5. The Morgan fingerprint density at radius 3 is 1.17 bits per heavy atom. The molecule has 0 radical (unpaired) electrons. The van der Waals surface area contributed by atoms with Gasteiger partial charge in [0, 0.05) is 67.5 Å². The Labute approximate surface area is 472 Å². The lowest BCUT2D eigenvalue weighted by molar-refractivity contribution is -0.384. The van der Waals surface area contributed by atoms with E-state index in [9.17, 15) is 58.1 Å². The highest BCUT2D eigenvalue weighted by Crippen LogP contribution is 2.38. The molecular formula is C54H59NO28. The molecule has 0 spiro atoms. The molecule has 3 aliphatic rings. The Hall–Kier alpha value is -8.64. The molecule has 0 amide bonds. The average molecular weight is 1170 g/mol. The minimum Gasteiger partial charge on any atom is -0.463 e. The first-order valence-electron chi connectivity index (χ1n) is 25.4. The monoisotopic (exact) mass is 1170 g/mol. The Kier molecular flexibility index (Phi) is 22.5. The molecule has 448 valence electrons. The molecule has 0 unspecified atom stereocenters. The van der Waals surface area contributed by atoms with Gasteiger partial charge < -0.3 is 75.8 Å². The van der Waals surface area contributed by atoms with Crippen molar-refractivity contribution in [2.75, 3.05) is 19.8 Å². The lowest BCUT2D eigenvalue weighted by Crippen LogP contribution is -2.68. The van der Waals surface area contributed by atoms with Gasteiger partial charge in [-0.3, -0.25) is 48.5 Å². The van der Waals surface area contributed by atoms with Crippen molar-refractivity contribution in [3.05, 3.63) is 106 Å². The third kappa shape index (κ3) is 17.9. The molecule has 29 nitrogen and oxygen atoms in total. The molecule has 3 aromatic carbocycles. The zero-order chi connectivity index (χ0) is 60.7. The van der Waals surface area contributed by atoms with E-state index in [1.165, 1.54) is 48.5 Å². The van der Waals surface area contributed by atoms with Gasteiger partial charge in [0.1, 0.15) is 43.4 Å². The maximum absolute atomic E-state index is 14.5. The van der Waals surface area contributed by atoms with Gasteiger partial charge in [0.15, 0.2) is 61.4 Å².